The van der Waals surface area contributed by atoms with Crippen LogP contribution in [0.2, 0.25) is 0 Å². The highest BCUT2D eigenvalue weighted by Crippen LogP contribution is 2.21. The number of carbonyl (C=O) groups is 5. The van der Waals surface area contributed by atoms with Crippen molar-refractivity contribution in [1.82, 2.24) is 10.6 Å². The molecule has 2 N–H and O–H groups in total. The standard InChI is InChI=1S/C21H27FN2O8/c1-11(16(19(27)30-3)20(28)31-4)17(21(29)32-5)24-18(26)15(23-12(2)25)10-13-6-8-14(22)9-7-13/h6-9,11,15-17H,10H2,1-5H3,(H,23,25)(H,24,26)/t11-,15+,17+/m0/s1. The van der Waals surface area contributed by atoms with E-state index in [9.17, 15) is 28.4 Å². The van der Waals surface area contributed by atoms with E-state index in [2.05, 4.69) is 20.1 Å². The van der Waals surface area contributed by atoms with Crippen LogP contribution in [-0.4, -0.2) is 63.1 Å². The maximum absolute atomic E-state index is 13.2. The van der Waals surface area contributed by atoms with Crippen molar-refractivity contribution in [3.8, 4) is 0 Å². The third-order valence-electron chi connectivity index (χ3n) is 4.76. The molecule has 0 bridgehead atoms. The average Bonchev–Trinajstić information content (AvgIpc) is 2.76. The lowest BCUT2D eigenvalue weighted by atomic mass is 9.87. The lowest BCUT2D eigenvalue weighted by molar-refractivity contribution is -0.163. The van der Waals surface area contributed by atoms with Gasteiger partial charge in [0.15, 0.2) is 5.92 Å². The molecule has 0 aliphatic rings. The van der Waals surface area contributed by atoms with Crippen LogP contribution in [-0.2, 0) is 44.6 Å². The number of hydrogen-bond acceptors (Lipinski definition) is 8. The van der Waals surface area contributed by atoms with Gasteiger partial charge in [0.2, 0.25) is 11.8 Å². The summed E-state index contributed by atoms with van der Waals surface area (Å²) in [5.41, 5.74) is 0.546. The summed E-state index contributed by atoms with van der Waals surface area (Å²) in [4.78, 5) is 61.2. The fourth-order valence-corrected chi connectivity index (χ4v) is 3.07. The minimum atomic E-state index is -1.52. The summed E-state index contributed by atoms with van der Waals surface area (Å²) in [6, 6.07) is 2.72. The molecule has 1 aromatic carbocycles. The molecule has 0 saturated heterocycles. The van der Waals surface area contributed by atoms with Crippen LogP contribution in [0.25, 0.3) is 0 Å². The van der Waals surface area contributed by atoms with Crippen molar-refractivity contribution in [2.24, 2.45) is 11.8 Å². The van der Waals surface area contributed by atoms with Crippen molar-refractivity contribution in [2.45, 2.75) is 32.4 Å². The number of methoxy groups -OCH3 is 3. The Balaban J connectivity index is 3.19. The van der Waals surface area contributed by atoms with Gasteiger partial charge in [0.1, 0.15) is 17.9 Å². The van der Waals surface area contributed by atoms with Gasteiger partial charge in [0.25, 0.3) is 0 Å². The van der Waals surface area contributed by atoms with Crippen LogP contribution in [0.1, 0.15) is 19.4 Å². The average molecular weight is 454 g/mol. The molecule has 0 fully saturated rings. The maximum atomic E-state index is 13.2. The number of carbonyl (C=O) groups excluding carboxylic acids is 5. The highest BCUT2D eigenvalue weighted by Gasteiger charge is 2.43. The third kappa shape index (κ3) is 7.33. The number of amides is 2. The number of esters is 3. The number of nitrogens with one attached hydrogen (secondary N) is 2. The second kappa shape index (κ2) is 12.4. The van der Waals surface area contributed by atoms with Gasteiger partial charge >= 0.3 is 17.9 Å². The predicted molar refractivity (Wildman–Crippen MR) is 108 cm³/mol. The lowest BCUT2D eigenvalue weighted by Gasteiger charge is -2.28. The van der Waals surface area contributed by atoms with Gasteiger partial charge in [-0.05, 0) is 17.7 Å². The molecule has 3 atom stereocenters. The largest absolute Gasteiger partial charge is 0.468 e. The van der Waals surface area contributed by atoms with Crippen molar-refractivity contribution < 1.29 is 42.6 Å². The third-order valence-corrected chi connectivity index (χ3v) is 4.76. The van der Waals surface area contributed by atoms with Gasteiger partial charge in [-0.2, -0.15) is 0 Å². The van der Waals surface area contributed by atoms with Gasteiger partial charge < -0.3 is 24.8 Å². The Morgan fingerprint density at radius 3 is 1.81 bits per heavy atom. The Bertz CT molecular complexity index is 827. The molecule has 0 aromatic heterocycles. The van der Waals surface area contributed by atoms with E-state index in [-0.39, 0.29) is 6.42 Å². The predicted octanol–water partition coefficient (Wildman–Crippen LogP) is 0.129. The Kier molecular flexibility index (Phi) is 10.3. The van der Waals surface area contributed by atoms with Crippen molar-refractivity contribution in [1.29, 1.82) is 0 Å². The van der Waals surface area contributed by atoms with E-state index in [4.69, 9.17) is 4.74 Å². The first-order valence-corrected chi connectivity index (χ1v) is 9.61. The maximum Gasteiger partial charge on any atom is 0.328 e. The summed E-state index contributed by atoms with van der Waals surface area (Å²) in [5, 5.41) is 4.89. The van der Waals surface area contributed by atoms with Crippen LogP contribution in [0.15, 0.2) is 24.3 Å². The van der Waals surface area contributed by atoms with Crippen molar-refractivity contribution >= 4 is 29.7 Å². The number of halogens is 1. The molecule has 10 nitrogen and oxygen atoms in total. The molecule has 11 heteroatoms. The highest BCUT2D eigenvalue weighted by molar-refractivity contribution is 5.97. The topological polar surface area (TPSA) is 137 Å². The van der Waals surface area contributed by atoms with Gasteiger partial charge in [-0.1, -0.05) is 19.1 Å². The van der Waals surface area contributed by atoms with E-state index >= 15 is 0 Å². The first-order chi connectivity index (χ1) is 15.0. The zero-order chi connectivity index (χ0) is 24.4. The Hall–Kier alpha value is -3.50. The summed E-state index contributed by atoms with van der Waals surface area (Å²) in [6.45, 7) is 2.57. The van der Waals surface area contributed by atoms with Gasteiger partial charge in [-0.15, -0.1) is 0 Å². The summed E-state index contributed by atoms with van der Waals surface area (Å²) < 4.78 is 27.1. The molecule has 0 radical (unpaired) electrons. The monoisotopic (exact) mass is 454 g/mol. The molecule has 1 aromatic rings. The van der Waals surface area contributed by atoms with Gasteiger partial charge in [-0.3, -0.25) is 19.2 Å². The number of hydrogen-bond donors (Lipinski definition) is 2. The Morgan fingerprint density at radius 1 is 0.875 bits per heavy atom. The molecule has 1 rings (SSSR count). The molecule has 0 saturated carbocycles. The van der Waals surface area contributed by atoms with Crippen LogP contribution >= 0.6 is 0 Å². The van der Waals surface area contributed by atoms with Crippen molar-refractivity contribution in [3.05, 3.63) is 35.6 Å². The first kappa shape index (κ1) is 26.5. The number of ether oxygens (including phenoxy) is 3. The molecule has 0 aliphatic heterocycles. The van der Waals surface area contributed by atoms with E-state index in [0.29, 0.717) is 5.56 Å². The van der Waals surface area contributed by atoms with Crippen molar-refractivity contribution in [2.75, 3.05) is 21.3 Å². The van der Waals surface area contributed by atoms with Crippen LogP contribution in [0.5, 0.6) is 0 Å². The van der Waals surface area contributed by atoms with Crippen molar-refractivity contribution in [3.63, 3.8) is 0 Å². The summed E-state index contributed by atoms with van der Waals surface area (Å²) in [7, 11) is 3.20. The van der Waals surface area contributed by atoms with E-state index < -0.39 is 59.5 Å². The van der Waals surface area contributed by atoms with Gasteiger partial charge in [0.05, 0.1) is 21.3 Å². The van der Waals surface area contributed by atoms with Crippen LogP contribution in [0.4, 0.5) is 4.39 Å². The molecular formula is C21H27FN2O8. The molecule has 0 heterocycles. The summed E-state index contributed by atoms with van der Waals surface area (Å²) in [6.07, 6.45) is -0.00853. The summed E-state index contributed by atoms with van der Waals surface area (Å²) in [5.74, 6) is -7.25. The molecule has 0 unspecified atom stereocenters. The second-order valence-electron chi connectivity index (χ2n) is 6.98. The van der Waals surface area contributed by atoms with Crippen LogP contribution < -0.4 is 10.6 Å². The van der Waals surface area contributed by atoms with Crippen LogP contribution in [0, 0.1) is 17.7 Å². The van der Waals surface area contributed by atoms with E-state index in [1.165, 1.54) is 38.1 Å². The molecule has 0 aliphatic carbocycles. The molecule has 0 spiro atoms. The number of benzene rings is 1. The normalized spacial score (nSPS) is 13.3. The number of rotatable bonds is 10. The fourth-order valence-electron chi connectivity index (χ4n) is 3.07. The quantitative estimate of drug-likeness (QED) is 0.289. The SMILES string of the molecule is COC(=O)C(C(=O)OC)[C@H](C)[C@@H](NC(=O)[C@@H](Cc1ccc(F)cc1)NC(C)=O)C(=O)OC. The zero-order valence-electron chi connectivity index (χ0n) is 18.5. The lowest BCUT2D eigenvalue weighted by Crippen LogP contribution is -2.56. The minimum absolute atomic E-state index is 0.00853. The minimum Gasteiger partial charge on any atom is -0.468 e. The molecule has 2 amide bonds. The van der Waals surface area contributed by atoms with Gasteiger partial charge in [0, 0.05) is 19.3 Å². The first-order valence-electron chi connectivity index (χ1n) is 9.61. The highest BCUT2D eigenvalue weighted by atomic mass is 19.1. The Labute approximate surface area is 184 Å². The fraction of sp³-hybridized carbons (Fsp3) is 0.476. The smallest absolute Gasteiger partial charge is 0.328 e. The molecular weight excluding hydrogens is 427 g/mol. The molecule has 32 heavy (non-hydrogen) atoms. The van der Waals surface area contributed by atoms with Gasteiger partial charge in [-0.25, -0.2) is 9.18 Å². The van der Waals surface area contributed by atoms with E-state index in [1.807, 2.05) is 0 Å². The van der Waals surface area contributed by atoms with E-state index in [1.54, 1.807) is 0 Å². The Morgan fingerprint density at radius 2 is 1.38 bits per heavy atom. The van der Waals surface area contributed by atoms with E-state index in [0.717, 1.165) is 21.3 Å². The summed E-state index contributed by atoms with van der Waals surface area (Å²) >= 11 is 0. The van der Waals surface area contributed by atoms with Crippen LogP contribution in [0.3, 0.4) is 0 Å². The second-order valence-corrected chi connectivity index (χ2v) is 6.98. The molecule has 176 valence electrons. The zero-order valence-corrected chi connectivity index (χ0v) is 18.5.